The number of carbonyl (C=O) groups excluding carboxylic acids is 1. The van der Waals surface area contributed by atoms with Crippen LogP contribution in [0.5, 0.6) is 0 Å². The van der Waals surface area contributed by atoms with Gasteiger partial charge in [-0.15, -0.1) is 0 Å². The van der Waals surface area contributed by atoms with E-state index >= 15 is 0 Å². The first-order valence-corrected chi connectivity index (χ1v) is 10.8. The first-order chi connectivity index (χ1) is 14.1. The number of nitrogens with one attached hydrogen (secondary N) is 1. The fraction of sp³-hybridized carbons (Fsp3) is 0.400. The molecule has 0 radical (unpaired) electrons. The van der Waals surface area contributed by atoms with Crippen molar-refractivity contribution in [2.24, 2.45) is 0 Å². The van der Waals surface area contributed by atoms with E-state index in [2.05, 4.69) is 17.2 Å². The molecule has 0 unspecified atom stereocenters. The lowest BCUT2D eigenvalue weighted by Crippen LogP contribution is -2.29. The number of rotatable bonds is 9. The topological polar surface area (TPSA) is 75.9 Å². The second kappa shape index (κ2) is 10.00. The Kier molecular flexibility index (Phi) is 7.40. The van der Waals surface area contributed by atoms with Crippen molar-refractivity contribution >= 4 is 51.7 Å². The molecule has 2 aromatic heterocycles. The van der Waals surface area contributed by atoms with Crippen molar-refractivity contribution in [2.75, 3.05) is 32.1 Å². The van der Waals surface area contributed by atoms with Crippen molar-refractivity contribution in [3.8, 4) is 0 Å². The first-order valence-electron chi connectivity index (χ1n) is 9.56. The van der Waals surface area contributed by atoms with Crippen LogP contribution in [-0.2, 0) is 9.53 Å². The lowest BCUT2D eigenvalue weighted by molar-refractivity contribution is -0.122. The number of unbranched alkanes of at least 4 members (excludes halogenated alkanes) is 1. The molecule has 0 atom stereocenters. The molecular formula is C20H24N4O3S2. The third-order valence-corrected chi connectivity index (χ3v) is 5.85. The Hall–Kier alpha value is -2.23. The van der Waals surface area contributed by atoms with Crippen molar-refractivity contribution in [1.82, 2.24) is 14.3 Å². The zero-order valence-corrected chi connectivity index (χ0v) is 18.1. The molecule has 1 aliphatic heterocycles. The number of nitrogens with zero attached hydrogens (tertiary/aromatic N) is 3. The minimum Gasteiger partial charge on any atom is -0.385 e. The zero-order valence-electron chi connectivity index (χ0n) is 16.5. The van der Waals surface area contributed by atoms with Crippen molar-refractivity contribution in [2.45, 2.75) is 26.2 Å². The van der Waals surface area contributed by atoms with Crippen LogP contribution in [0.3, 0.4) is 0 Å². The summed E-state index contributed by atoms with van der Waals surface area (Å²) in [6.07, 6.45) is 5.90. The standard InChI is InChI=1S/C20H24N4O3S2/c1-3-4-10-24-19(26)15(29-20(24)28)13-14-17(21-9-7-12-27-2)22-16-8-5-6-11-23(16)18(14)25/h5-6,8,11,13,21H,3-4,7,9-10,12H2,1-2H3/b15-13+. The van der Waals surface area contributed by atoms with Gasteiger partial charge in [-0.3, -0.25) is 18.9 Å². The maximum Gasteiger partial charge on any atom is 0.267 e. The van der Waals surface area contributed by atoms with Gasteiger partial charge < -0.3 is 10.1 Å². The van der Waals surface area contributed by atoms with E-state index in [1.165, 1.54) is 16.2 Å². The number of anilines is 1. The number of hydrogen-bond donors (Lipinski definition) is 1. The average Bonchev–Trinajstić information content (AvgIpc) is 2.99. The van der Waals surface area contributed by atoms with E-state index in [0.29, 0.717) is 46.0 Å². The summed E-state index contributed by atoms with van der Waals surface area (Å²) in [6, 6.07) is 5.38. The van der Waals surface area contributed by atoms with Crippen LogP contribution >= 0.6 is 24.0 Å². The highest BCUT2D eigenvalue weighted by Crippen LogP contribution is 2.33. The summed E-state index contributed by atoms with van der Waals surface area (Å²) >= 11 is 6.59. The molecule has 1 saturated heterocycles. The normalized spacial score (nSPS) is 15.7. The summed E-state index contributed by atoms with van der Waals surface area (Å²) in [5.74, 6) is 0.299. The van der Waals surface area contributed by atoms with Gasteiger partial charge in [0.15, 0.2) is 0 Å². The van der Waals surface area contributed by atoms with Crippen LogP contribution in [0.1, 0.15) is 31.7 Å². The number of hydrogen-bond acceptors (Lipinski definition) is 7. The van der Waals surface area contributed by atoms with Gasteiger partial charge >= 0.3 is 0 Å². The van der Waals surface area contributed by atoms with Crippen molar-refractivity contribution in [3.63, 3.8) is 0 Å². The Morgan fingerprint density at radius 1 is 1.31 bits per heavy atom. The quantitative estimate of drug-likeness (QED) is 0.371. The van der Waals surface area contributed by atoms with Crippen LogP contribution in [0.4, 0.5) is 5.82 Å². The monoisotopic (exact) mass is 432 g/mol. The lowest BCUT2D eigenvalue weighted by Gasteiger charge is -2.13. The predicted octanol–water partition coefficient (Wildman–Crippen LogP) is 3.14. The lowest BCUT2D eigenvalue weighted by atomic mass is 10.2. The van der Waals surface area contributed by atoms with E-state index in [4.69, 9.17) is 17.0 Å². The van der Waals surface area contributed by atoms with Crippen molar-refractivity contribution in [3.05, 3.63) is 45.2 Å². The van der Waals surface area contributed by atoms with Gasteiger partial charge in [0.05, 0.1) is 10.5 Å². The fourth-order valence-corrected chi connectivity index (χ4v) is 4.22. The van der Waals surface area contributed by atoms with E-state index in [-0.39, 0.29) is 11.5 Å². The number of amides is 1. The number of fused-ring (bicyclic) bond motifs is 1. The van der Waals surface area contributed by atoms with Crippen molar-refractivity contribution in [1.29, 1.82) is 0 Å². The van der Waals surface area contributed by atoms with Crippen LogP contribution in [0.2, 0.25) is 0 Å². The van der Waals surface area contributed by atoms with Gasteiger partial charge in [0.2, 0.25) is 0 Å². The molecule has 1 fully saturated rings. The van der Waals surface area contributed by atoms with Crippen LogP contribution < -0.4 is 10.9 Å². The van der Waals surface area contributed by atoms with Crippen LogP contribution in [0, 0.1) is 0 Å². The van der Waals surface area contributed by atoms with Gasteiger partial charge in [-0.25, -0.2) is 4.98 Å². The van der Waals surface area contributed by atoms with Gasteiger partial charge in [-0.05, 0) is 31.1 Å². The Balaban J connectivity index is 1.99. The maximum absolute atomic E-state index is 13.1. The number of ether oxygens (including phenoxy) is 1. The number of aromatic nitrogens is 2. The van der Waals surface area contributed by atoms with Crippen LogP contribution in [0.25, 0.3) is 11.7 Å². The van der Waals surface area contributed by atoms with E-state index in [9.17, 15) is 9.59 Å². The summed E-state index contributed by atoms with van der Waals surface area (Å²) in [4.78, 5) is 32.5. The number of methoxy groups -OCH3 is 1. The molecule has 0 aromatic carbocycles. The molecule has 3 heterocycles. The molecule has 0 saturated carbocycles. The summed E-state index contributed by atoms with van der Waals surface area (Å²) in [5.41, 5.74) is 0.658. The number of pyridine rings is 1. The maximum atomic E-state index is 13.1. The highest BCUT2D eigenvalue weighted by atomic mass is 32.2. The molecule has 7 nitrogen and oxygen atoms in total. The summed E-state index contributed by atoms with van der Waals surface area (Å²) < 4.78 is 7.08. The van der Waals surface area contributed by atoms with E-state index in [1.807, 2.05) is 6.07 Å². The SMILES string of the molecule is CCCCN1C(=O)/C(=C\c2c(NCCCOC)nc3ccccn3c2=O)SC1=S. The van der Waals surface area contributed by atoms with Crippen LogP contribution in [0.15, 0.2) is 34.1 Å². The van der Waals surface area contributed by atoms with Gasteiger partial charge in [0.1, 0.15) is 15.8 Å². The van der Waals surface area contributed by atoms with Crippen LogP contribution in [-0.4, -0.2) is 51.3 Å². The van der Waals surface area contributed by atoms with Crippen molar-refractivity contribution < 1.29 is 9.53 Å². The zero-order chi connectivity index (χ0) is 20.8. The fourth-order valence-electron chi connectivity index (χ4n) is 2.93. The third kappa shape index (κ3) is 4.85. The Morgan fingerprint density at radius 3 is 2.90 bits per heavy atom. The van der Waals surface area contributed by atoms with E-state index in [1.54, 1.807) is 36.4 Å². The Morgan fingerprint density at radius 2 is 2.14 bits per heavy atom. The first kappa shape index (κ1) is 21.5. The minimum atomic E-state index is -0.233. The highest BCUT2D eigenvalue weighted by Gasteiger charge is 2.32. The molecule has 1 N–H and O–H groups in total. The summed E-state index contributed by atoms with van der Waals surface area (Å²) in [7, 11) is 1.65. The molecular weight excluding hydrogens is 408 g/mol. The Bertz CT molecular complexity index is 1000. The predicted molar refractivity (Wildman–Crippen MR) is 121 cm³/mol. The number of carbonyl (C=O) groups is 1. The molecule has 2 aromatic rings. The number of thioether (sulfide) groups is 1. The molecule has 1 amide bonds. The molecule has 0 spiro atoms. The average molecular weight is 433 g/mol. The molecule has 29 heavy (non-hydrogen) atoms. The molecule has 9 heteroatoms. The van der Waals surface area contributed by atoms with Gasteiger partial charge in [0.25, 0.3) is 11.5 Å². The smallest absolute Gasteiger partial charge is 0.267 e. The minimum absolute atomic E-state index is 0.156. The summed E-state index contributed by atoms with van der Waals surface area (Å²) in [5, 5.41) is 3.21. The Labute approximate surface area is 179 Å². The summed E-state index contributed by atoms with van der Waals surface area (Å²) in [6.45, 7) is 3.86. The molecule has 154 valence electrons. The third-order valence-electron chi connectivity index (χ3n) is 4.47. The second-order valence-corrected chi connectivity index (χ2v) is 8.24. The van der Waals surface area contributed by atoms with Gasteiger partial charge in [-0.1, -0.05) is 43.4 Å². The van der Waals surface area contributed by atoms with Gasteiger partial charge in [-0.2, -0.15) is 0 Å². The largest absolute Gasteiger partial charge is 0.385 e. The molecule has 1 aliphatic rings. The molecule has 0 bridgehead atoms. The van der Waals surface area contributed by atoms with E-state index in [0.717, 1.165) is 19.3 Å². The second-order valence-electron chi connectivity index (χ2n) is 6.57. The van der Waals surface area contributed by atoms with E-state index < -0.39 is 0 Å². The highest BCUT2D eigenvalue weighted by molar-refractivity contribution is 8.26. The molecule has 0 aliphatic carbocycles. The number of thiocarbonyl (C=S) groups is 1. The van der Waals surface area contributed by atoms with Gasteiger partial charge in [0, 0.05) is 33.0 Å². The molecule has 3 rings (SSSR count).